The predicted molar refractivity (Wildman–Crippen MR) is 221 cm³/mol. The molecule has 12 heteroatoms. The molecule has 11 nitrogen and oxygen atoms in total. The molecule has 5 aliphatic heterocycles. The number of benzene rings is 3. The SMILES string of the molecule is C[C@H]1CC2(CCN(c3ccc(C(=O)N4CCC(CN5CCN(c6cccc(N[C@H]7CCC(=O)NC7=O)c6)CC5)CC4)cc3)CC2)CN1c1ccc(C#N)c(Cl)c1. The van der Waals surface area contributed by atoms with Crippen LogP contribution in [-0.2, 0) is 9.59 Å². The third-order valence-electron chi connectivity index (χ3n) is 13.1. The molecular formula is C44H53ClN8O3. The van der Waals surface area contributed by atoms with Crippen molar-refractivity contribution >= 4 is 52.1 Å². The lowest BCUT2D eigenvalue weighted by Crippen LogP contribution is -2.49. The molecule has 2 N–H and O–H groups in total. The Morgan fingerprint density at radius 2 is 1.59 bits per heavy atom. The highest BCUT2D eigenvalue weighted by Crippen LogP contribution is 2.46. The first kappa shape index (κ1) is 38.1. The lowest BCUT2D eigenvalue weighted by molar-refractivity contribution is -0.133. The summed E-state index contributed by atoms with van der Waals surface area (Å²) < 4.78 is 0. The summed E-state index contributed by atoms with van der Waals surface area (Å²) in [4.78, 5) is 49.2. The van der Waals surface area contributed by atoms with Gasteiger partial charge in [-0.2, -0.15) is 5.26 Å². The van der Waals surface area contributed by atoms with Crippen LogP contribution in [0.4, 0.5) is 22.7 Å². The minimum absolute atomic E-state index is 0.137. The largest absolute Gasteiger partial charge is 0.374 e. The molecule has 8 rings (SSSR count). The molecular weight excluding hydrogens is 724 g/mol. The lowest BCUT2D eigenvalue weighted by Gasteiger charge is -2.40. The van der Waals surface area contributed by atoms with Crippen molar-refractivity contribution in [3.63, 3.8) is 0 Å². The quantitative estimate of drug-likeness (QED) is 0.267. The molecule has 0 bridgehead atoms. The van der Waals surface area contributed by atoms with Crippen LogP contribution in [0.2, 0.25) is 5.02 Å². The van der Waals surface area contributed by atoms with E-state index in [4.69, 9.17) is 11.6 Å². The van der Waals surface area contributed by atoms with Gasteiger partial charge in [-0.15, -0.1) is 0 Å². The lowest BCUT2D eigenvalue weighted by atomic mass is 9.76. The fourth-order valence-corrected chi connectivity index (χ4v) is 9.95. The van der Waals surface area contributed by atoms with Gasteiger partial charge in [0.25, 0.3) is 5.91 Å². The zero-order valence-corrected chi connectivity index (χ0v) is 33.1. The summed E-state index contributed by atoms with van der Waals surface area (Å²) in [5.74, 6) is 0.268. The monoisotopic (exact) mass is 776 g/mol. The molecule has 2 atom stereocenters. The number of amides is 3. The zero-order valence-electron chi connectivity index (χ0n) is 32.4. The van der Waals surface area contributed by atoms with E-state index in [1.807, 2.05) is 47.4 Å². The zero-order chi connectivity index (χ0) is 38.8. The molecule has 0 aliphatic carbocycles. The molecule has 3 aromatic rings. The maximum Gasteiger partial charge on any atom is 0.253 e. The molecule has 5 heterocycles. The number of piperazine rings is 1. The Hall–Kier alpha value is -4.79. The number of halogens is 1. The Balaban J connectivity index is 0.762. The molecule has 56 heavy (non-hydrogen) atoms. The fourth-order valence-electron chi connectivity index (χ4n) is 9.73. The number of nitrogens with zero attached hydrogens (tertiary/aromatic N) is 6. The average molecular weight is 777 g/mol. The highest BCUT2D eigenvalue weighted by atomic mass is 35.5. The van der Waals surface area contributed by atoms with Crippen LogP contribution in [-0.4, -0.2) is 105 Å². The van der Waals surface area contributed by atoms with Gasteiger partial charge >= 0.3 is 0 Å². The number of anilines is 4. The molecule has 3 amide bonds. The molecule has 1 spiro atoms. The summed E-state index contributed by atoms with van der Waals surface area (Å²) in [6.07, 6.45) is 6.34. The highest BCUT2D eigenvalue weighted by Gasteiger charge is 2.44. The predicted octanol–water partition coefficient (Wildman–Crippen LogP) is 5.99. The van der Waals surface area contributed by atoms with Gasteiger partial charge in [0.1, 0.15) is 12.1 Å². The number of hydrogen-bond acceptors (Lipinski definition) is 9. The normalized spacial score (nSPS) is 23.3. The smallest absolute Gasteiger partial charge is 0.253 e. The average Bonchev–Trinajstić information content (AvgIpc) is 3.54. The number of likely N-dealkylation sites (tertiary alicyclic amines) is 1. The number of piperidine rings is 3. The summed E-state index contributed by atoms with van der Waals surface area (Å²) in [5, 5.41) is 15.5. The number of hydrogen-bond donors (Lipinski definition) is 2. The fraction of sp³-hybridized carbons (Fsp3) is 0.500. The van der Waals surface area contributed by atoms with E-state index in [2.05, 4.69) is 67.5 Å². The number of carbonyl (C=O) groups excluding carboxylic acids is 3. The molecule has 5 saturated heterocycles. The summed E-state index contributed by atoms with van der Waals surface area (Å²) in [5.41, 5.74) is 5.90. The van der Waals surface area contributed by atoms with Gasteiger partial charge in [0.05, 0.1) is 10.6 Å². The summed E-state index contributed by atoms with van der Waals surface area (Å²) in [7, 11) is 0. The molecule has 0 unspecified atom stereocenters. The Morgan fingerprint density at radius 3 is 2.29 bits per heavy atom. The number of nitriles is 1. The van der Waals surface area contributed by atoms with Gasteiger partial charge in [-0.25, -0.2) is 0 Å². The third-order valence-corrected chi connectivity index (χ3v) is 13.4. The second kappa shape index (κ2) is 16.4. The maximum atomic E-state index is 13.6. The van der Waals surface area contributed by atoms with Crippen molar-refractivity contribution < 1.29 is 14.4 Å². The molecule has 5 aliphatic rings. The Kier molecular flexibility index (Phi) is 11.1. The topological polar surface area (TPSA) is 115 Å². The Labute approximate surface area is 335 Å². The van der Waals surface area contributed by atoms with E-state index in [-0.39, 0.29) is 29.2 Å². The van der Waals surface area contributed by atoms with E-state index < -0.39 is 0 Å². The summed E-state index contributed by atoms with van der Waals surface area (Å²) in [6.45, 7) is 11.9. The van der Waals surface area contributed by atoms with Gasteiger partial charge in [-0.05, 0) is 117 Å². The molecule has 0 aromatic heterocycles. The van der Waals surface area contributed by atoms with Crippen molar-refractivity contribution in [2.45, 2.75) is 64.0 Å². The van der Waals surface area contributed by atoms with Gasteiger partial charge in [-0.3, -0.25) is 24.6 Å². The second-order valence-electron chi connectivity index (χ2n) is 16.7. The van der Waals surface area contributed by atoms with Crippen LogP contribution in [0.3, 0.4) is 0 Å². The summed E-state index contributed by atoms with van der Waals surface area (Å²) >= 11 is 6.38. The van der Waals surface area contributed by atoms with Gasteiger partial charge in [0.15, 0.2) is 0 Å². The molecule has 3 aromatic carbocycles. The van der Waals surface area contributed by atoms with Gasteiger partial charge in [0, 0.05) is 106 Å². The van der Waals surface area contributed by atoms with Crippen LogP contribution in [0.15, 0.2) is 66.7 Å². The minimum Gasteiger partial charge on any atom is -0.374 e. The molecule has 0 radical (unpaired) electrons. The van der Waals surface area contributed by atoms with Crippen LogP contribution in [0.1, 0.15) is 67.8 Å². The van der Waals surface area contributed by atoms with Gasteiger partial charge in [-0.1, -0.05) is 17.7 Å². The maximum absolute atomic E-state index is 13.6. The van der Waals surface area contributed by atoms with E-state index in [1.165, 1.54) is 5.69 Å². The van der Waals surface area contributed by atoms with E-state index in [9.17, 15) is 19.6 Å². The minimum atomic E-state index is -0.389. The molecule has 0 saturated carbocycles. The van der Waals surface area contributed by atoms with Crippen LogP contribution in [0, 0.1) is 22.7 Å². The van der Waals surface area contributed by atoms with E-state index in [0.29, 0.717) is 35.4 Å². The van der Waals surface area contributed by atoms with Crippen LogP contribution >= 0.6 is 11.6 Å². The van der Waals surface area contributed by atoms with Gasteiger partial charge in [0.2, 0.25) is 11.8 Å². The highest BCUT2D eigenvalue weighted by molar-refractivity contribution is 6.32. The van der Waals surface area contributed by atoms with Crippen molar-refractivity contribution in [2.24, 2.45) is 11.3 Å². The van der Waals surface area contributed by atoms with E-state index in [0.717, 1.165) is 120 Å². The number of imide groups is 1. The third kappa shape index (κ3) is 8.33. The second-order valence-corrected chi connectivity index (χ2v) is 17.1. The number of rotatable bonds is 8. The Bertz CT molecular complexity index is 1960. The van der Waals surface area contributed by atoms with E-state index in [1.54, 1.807) is 0 Å². The van der Waals surface area contributed by atoms with E-state index >= 15 is 0 Å². The van der Waals surface area contributed by atoms with Crippen molar-refractivity contribution in [1.29, 1.82) is 5.26 Å². The van der Waals surface area contributed by atoms with Crippen molar-refractivity contribution in [1.82, 2.24) is 15.1 Å². The van der Waals surface area contributed by atoms with Crippen molar-refractivity contribution in [3.8, 4) is 6.07 Å². The first-order valence-electron chi connectivity index (χ1n) is 20.4. The molecule has 5 fully saturated rings. The van der Waals surface area contributed by atoms with Crippen molar-refractivity contribution in [2.75, 3.05) is 85.5 Å². The first-order valence-corrected chi connectivity index (χ1v) is 20.8. The van der Waals surface area contributed by atoms with Gasteiger partial charge < -0.3 is 24.9 Å². The van der Waals surface area contributed by atoms with Crippen LogP contribution < -0.4 is 25.3 Å². The molecule has 294 valence electrons. The van der Waals surface area contributed by atoms with Crippen LogP contribution in [0.5, 0.6) is 0 Å². The first-order chi connectivity index (χ1) is 27.1. The number of nitrogens with one attached hydrogen (secondary N) is 2. The summed E-state index contributed by atoms with van der Waals surface area (Å²) in [6, 6.07) is 24.5. The standard InChI is InChI=1S/C44H53ClN8O3/c1-31-27-44(30-53(31)38-10-7-34(28-46)39(45)26-38)15-19-50(20-16-44)36-8-5-33(6-9-36)43(56)52-17-13-32(14-18-52)29-49-21-23-51(24-22-49)37-4-2-3-35(25-37)47-40-11-12-41(54)48-42(40)55/h2-10,25-26,31-32,40,47H,11-24,27,29-30H2,1H3,(H,48,54,55)/t31-,40-/m0/s1. The number of carbonyl (C=O) groups is 3. The Morgan fingerprint density at radius 1 is 0.875 bits per heavy atom. The van der Waals surface area contributed by atoms with Crippen molar-refractivity contribution in [3.05, 3.63) is 82.9 Å². The van der Waals surface area contributed by atoms with Crippen LogP contribution in [0.25, 0.3) is 0 Å².